The van der Waals surface area contributed by atoms with Crippen LogP contribution in [0.3, 0.4) is 0 Å². The molecule has 0 aliphatic carbocycles. The van der Waals surface area contributed by atoms with Gasteiger partial charge in [-0.15, -0.1) is 0 Å². The van der Waals surface area contributed by atoms with E-state index in [1.165, 1.54) is 0 Å². The van der Waals surface area contributed by atoms with Crippen molar-refractivity contribution >= 4 is 11.6 Å². The summed E-state index contributed by atoms with van der Waals surface area (Å²) in [7, 11) is 0. The maximum Gasteiger partial charge on any atom is 0.0918 e. The summed E-state index contributed by atoms with van der Waals surface area (Å²) in [6.07, 6.45) is -0.371. The van der Waals surface area contributed by atoms with E-state index < -0.39 is 0 Å². The number of aryl methyl sites for hydroxylation is 1. The normalized spacial score (nSPS) is 27.1. The fraction of sp³-hybridized carbons (Fsp3) is 0.667. The van der Waals surface area contributed by atoms with E-state index in [0.29, 0.717) is 11.6 Å². The Balaban J connectivity index is 2.36. The summed E-state index contributed by atoms with van der Waals surface area (Å²) in [4.78, 5) is 0. The van der Waals surface area contributed by atoms with Crippen LogP contribution in [0.2, 0.25) is 5.02 Å². The van der Waals surface area contributed by atoms with Crippen molar-refractivity contribution in [2.45, 2.75) is 26.0 Å². The third-order valence-corrected chi connectivity index (χ3v) is 3.25. The summed E-state index contributed by atoms with van der Waals surface area (Å²) in [5.74, 6) is 0. The lowest BCUT2D eigenvalue weighted by Crippen LogP contribution is -2.24. The van der Waals surface area contributed by atoms with Crippen LogP contribution < -0.4 is 5.32 Å². The van der Waals surface area contributed by atoms with E-state index >= 15 is 0 Å². The Bertz CT molecular complexity index is 350. The highest BCUT2D eigenvalue weighted by Gasteiger charge is 2.29. The number of aromatic nitrogens is 2. The van der Waals surface area contributed by atoms with Crippen LogP contribution in [0.1, 0.15) is 17.4 Å². The van der Waals surface area contributed by atoms with Gasteiger partial charge in [0, 0.05) is 13.1 Å². The zero-order valence-electron chi connectivity index (χ0n) is 8.29. The molecule has 0 radical (unpaired) electrons. The Morgan fingerprint density at radius 1 is 1.50 bits per heavy atom. The molecule has 1 aliphatic rings. The van der Waals surface area contributed by atoms with E-state index in [0.717, 1.165) is 17.9 Å². The second-order valence-electron chi connectivity index (χ2n) is 3.72. The van der Waals surface area contributed by atoms with Gasteiger partial charge in [0.15, 0.2) is 0 Å². The molecule has 1 aliphatic heterocycles. The molecule has 1 aromatic rings. The van der Waals surface area contributed by atoms with Crippen LogP contribution in [0.4, 0.5) is 0 Å². The first kappa shape index (κ1) is 9.96. The molecule has 0 amide bonds. The molecule has 2 N–H and O–H groups in total. The molecule has 2 heterocycles. The molecule has 0 aromatic carbocycles. The molecular weight excluding hydrogens is 202 g/mol. The van der Waals surface area contributed by atoms with Gasteiger partial charge in [0.2, 0.25) is 0 Å². The van der Waals surface area contributed by atoms with Crippen LogP contribution in [-0.2, 0) is 0 Å². The lowest BCUT2D eigenvalue weighted by atomic mass is 10.2. The second-order valence-corrected chi connectivity index (χ2v) is 4.10. The van der Waals surface area contributed by atoms with Gasteiger partial charge < -0.3 is 10.4 Å². The number of halogens is 1. The summed E-state index contributed by atoms with van der Waals surface area (Å²) < 4.78 is 1.82. The smallest absolute Gasteiger partial charge is 0.0918 e. The summed E-state index contributed by atoms with van der Waals surface area (Å²) in [6.45, 7) is 5.17. The van der Waals surface area contributed by atoms with Crippen molar-refractivity contribution in [1.82, 2.24) is 15.1 Å². The number of aliphatic hydroxyl groups excluding tert-OH is 1. The molecule has 4 nitrogen and oxygen atoms in total. The molecule has 2 atom stereocenters. The second kappa shape index (κ2) is 3.53. The van der Waals surface area contributed by atoms with E-state index in [9.17, 15) is 5.11 Å². The Morgan fingerprint density at radius 3 is 2.64 bits per heavy atom. The fourth-order valence-corrected chi connectivity index (χ4v) is 1.99. The van der Waals surface area contributed by atoms with E-state index in [4.69, 9.17) is 11.6 Å². The maximum absolute atomic E-state index is 9.70. The molecule has 2 rings (SSSR count). The molecule has 0 spiro atoms. The summed E-state index contributed by atoms with van der Waals surface area (Å²) >= 11 is 6.04. The van der Waals surface area contributed by atoms with E-state index in [2.05, 4.69) is 10.4 Å². The van der Waals surface area contributed by atoms with Crippen molar-refractivity contribution in [1.29, 1.82) is 0 Å². The molecule has 0 saturated carbocycles. The van der Waals surface area contributed by atoms with Crippen LogP contribution in [0.5, 0.6) is 0 Å². The first-order valence-corrected chi connectivity index (χ1v) is 5.09. The van der Waals surface area contributed by atoms with Crippen LogP contribution >= 0.6 is 11.6 Å². The molecule has 1 aromatic heterocycles. The number of hydrogen-bond donors (Lipinski definition) is 2. The van der Waals surface area contributed by atoms with Crippen molar-refractivity contribution < 1.29 is 5.11 Å². The third-order valence-electron chi connectivity index (χ3n) is 2.70. The molecule has 0 bridgehead atoms. The summed E-state index contributed by atoms with van der Waals surface area (Å²) in [6, 6.07) is 0.0150. The first-order valence-electron chi connectivity index (χ1n) is 4.71. The highest BCUT2D eigenvalue weighted by atomic mass is 35.5. The topological polar surface area (TPSA) is 50.1 Å². The third kappa shape index (κ3) is 1.43. The van der Waals surface area contributed by atoms with Gasteiger partial charge in [0.25, 0.3) is 0 Å². The fourth-order valence-electron chi connectivity index (χ4n) is 1.87. The monoisotopic (exact) mass is 215 g/mol. The molecule has 0 unspecified atom stereocenters. The Kier molecular flexibility index (Phi) is 2.51. The minimum atomic E-state index is -0.371. The van der Waals surface area contributed by atoms with Crippen LogP contribution in [0.25, 0.3) is 0 Å². The average Bonchev–Trinajstić information content (AvgIpc) is 2.66. The zero-order valence-corrected chi connectivity index (χ0v) is 9.04. The van der Waals surface area contributed by atoms with Crippen molar-refractivity contribution in [2.75, 3.05) is 13.1 Å². The van der Waals surface area contributed by atoms with Gasteiger partial charge in [-0.05, 0) is 13.8 Å². The summed E-state index contributed by atoms with van der Waals surface area (Å²) in [5.41, 5.74) is 1.75. The average molecular weight is 216 g/mol. The zero-order chi connectivity index (χ0) is 10.3. The van der Waals surface area contributed by atoms with Gasteiger partial charge in [0.05, 0.1) is 28.6 Å². The molecule has 78 valence electrons. The number of aliphatic hydroxyl groups is 1. The van der Waals surface area contributed by atoms with E-state index in [1.54, 1.807) is 0 Å². The number of rotatable bonds is 1. The predicted molar refractivity (Wildman–Crippen MR) is 54.6 cm³/mol. The van der Waals surface area contributed by atoms with Gasteiger partial charge in [-0.2, -0.15) is 5.10 Å². The Labute approximate surface area is 87.9 Å². The van der Waals surface area contributed by atoms with Gasteiger partial charge in [-0.3, -0.25) is 4.68 Å². The SMILES string of the molecule is Cc1nn([C@@H]2CNC[C@H]2O)c(C)c1Cl. The van der Waals surface area contributed by atoms with Crippen molar-refractivity contribution in [3.63, 3.8) is 0 Å². The van der Waals surface area contributed by atoms with Crippen LogP contribution in [0, 0.1) is 13.8 Å². The standard InChI is InChI=1S/C9H14ClN3O/c1-5-9(10)6(2)13(12-5)7-3-11-4-8(7)14/h7-8,11,14H,3-4H2,1-2H3/t7-,8-/m1/s1. The van der Waals surface area contributed by atoms with Gasteiger partial charge in [0.1, 0.15) is 0 Å². The van der Waals surface area contributed by atoms with Crippen molar-refractivity contribution in [3.8, 4) is 0 Å². The minimum Gasteiger partial charge on any atom is -0.390 e. The number of nitrogens with zero attached hydrogens (tertiary/aromatic N) is 2. The number of nitrogens with one attached hydrogen (secondary N) is 1. The Morgan fingerprint density at radius 2 is 2.21 bits per heavy atom. The molecule has 1 fully saturated rings. The summed E-state index contributed by atoms with van der Waals surface area (Å²) in [5, 5.41) is 17.8. The molecule has 1 saturated heterocycles. The molecule has 5 heteroatoms. The van der Waals surface area contributed by atoms with Crippen LogP contribution in [0.15, 0.2) is 0 Å². The predicted octanol–water partition coefficient (Wildman–Crippen LogP) is 0.659. The number of β-amino-alcohol motifs (C(OH)–C–C–N with tert-alkyl or cyclic N) is 1. The van der Waals surface area contributed by atoms with Gasteiger partial charge in [-0.25, -0.2) is 0 Å². The van der Waals surface area contributed by atoms with Crippen molar-refractivity contribution in [2.24, 2.45) is 0 Å². The highest BCUT2D eigenvalue weighted by Crippen LogP contribution is 2.24. The largest absolute Gasteiger partial charge is 0.390 e. The molecule has 14 heavy (non-hydrogen) atoms. The van der Waals surface area contributed by atoms with Gasteiger partial charge >= 0.3 is 0 Å². The van der Waals surface area contributed by atoms with Crippen molar-refractivity contribution in [3.05, 3.63) is 16.4 Å². The lowest BCUT2D eigenvalue weighted by Gasteiger charge is -2.15. The first-order chi connectivity index (χ1) is 6.61. The maximum atomic E-state index is 9.70. The van der Waals surface area contributed by atoms with Crippen LogP contribution in [-0.4, -0.2) is 34.1 Å². The minimum absolute atomic E-state index is 0.0150. The molecular formula is C9H14ClN3O. The van der Waals surface area contributed by atoms with Gasteiger partial charge in [-0.1, -0.05) is 11.6 Å². The Hall–Kier alpha value is -0.580. The quantitative estimate of drug-likeness (QED) is 0.724. The highest BCUT2D eigenvalue weighted by molar-refractivity contribution is 6.31. The van der Waals surface area contributed by atoms with E-state index in [-0.39, 0.29) is 12.1 Å². The lowest BCUT2D eigenvalue weighted by molar-refractivity contribution is 0.143. The number of hydrogen-bond acceptors (Lipinski definition) is 3. The van der Waals surface area contributed by atoms with E-state index in [1.807, 2.05) is 18.5 Å².